The lowest BCUT2D eigenvalue weighted by Gasteiger charge is -2.27. The Labute approximate surface area is 80.6 Å². The predicted octanol–water partition coefficient (Wildman–Crippen LogP) is -0.433. The van der Waals surface area contributed by atoms with Crippen LogP contribution < -0.4 is 0 Å². The summed E-state index contributed by atoms with van der Waals surface area (Å²) in [5.41, 5.74) is -1.27. The van der Waals surface area contributed by atoms with E-state index in [2.05, 4.69) is 4.52 Å². The Bertz CT molecular complexity index is 255. The summed E-state index contributed by atoms with van der Waals surface area (Å²) >= 11 is 0. The first kappa shape index (κ1) is 13.5. The van der Waals surface area contributed by atoms with Crippen molar-refractivity contribution in [2.75, 3.05) is 6.61 Å². The van der Waals surface area contributed by atoms with Crippen LogP contribution in [0.15, 0.2) is 0 Å². The molecule has 0 fully saturated rings. The molecule has 0 unspecified atom stereocenters. The van der Waals surface area contributed by atoms with Crippen LogP contribution >= 0.6 is 7.82 Å². The van der Waals surface area contributed by atoms with Crippen LogP contribution in [0, 0.1) is 5.41 Å². The van der Waals surface area contributed by atoms with E-state index in [9.17, 15) is 9.36 Å². The minimum atomic E-state index is -4.64. The Hall–Kier alpha value is -0.460. The Morgan fingerprint density at radius 3 is 2.21 bits per heavy atom. The molecule has 0 heterocycles. The van der Waals surface area contributed by atoms with E-state index in [0.29, 0.717) is 0 Å². The first-order valence-corrected chi connectivity index (χ1v) is 5.20. The van der Waals surface area contributed by atoms with E-state index in [-0.39, 0.29) is 0 Å². The largest absolute Gasteiger partial charge is 0.479 e. The molecule has 1 atom stereocenters. The highest BCUT2D eigenvalue weighted by Crippen LogP contribution is 2.38. The van der Waals surface area contributed by atoms with Crippen molar-refractivity contribution in [3.8, 4) is 0 Å². The zero-order valence-electron chi connectivity index (χ0n) is 7.75. The fraction of sp³-hybridized carbons (Fsp3) is 0.833. The van der Waals surface area contributed by atoms with Crippen LogP contribution in [0.4, 0.5) is 0 Å². The first-order valence-electron chi connectivity index (χ1n) is 3.67. The second-order valence-corrected chi connectivity index (χ2v) is 4.73. The smallest absolute Gasteiger partial charge is 0.469 e. The van der Waals surface area contributed by atoms with Gasteiger partial charge in [0.25, 0.3) is 0 Å². The van der Waals surface area contributed by atoms with Gasteiger partial charge in [0.1, 0.15) is 0 Å². The quantitative estimate of drug-likeness (QED) is 0.470. The van der Waals surface area contributed by atoms with Crippen LogP contribution in [-0.4, -0.2) is 38.7 Å². The lowest BCUT2D eigenvalue weighted by molar-refractivity contribution is -0.154. The molecule has 84 valence electrons. The molecule has 4 N–H and O–H groups in total. The van der Waals surface area contributed by atoms with Crippen LogP contribution in [0.2, 0.25) is 0 Å². The van der Waals surface area contributed by atoms with Crippen molar-refractivity contribution in [3.63, 3.8) is 0 Å². The van der Waals surface area contributed by atoms with E-state index in [4.69, 9.17) is 20.0 Å². The number of carboxylic acids is 1. The van der Waals surface area contributed by atoms with Gasteiger partial charge in [-0.1, -0.05) is 13.8 Å². The van der Waals surface area contributed by atoms with Gasteiger partial charge in [-0.05, 0) is 0 Å². The van der Waals surface area contributed by atoms with Crippen molar-refractivity contribution in [1.29, 1.82) is 0 Å². The zero-order valence-corrected chi connectivity index (χ0v) is 8.64. The normalized spacial score (nSPS) is 15.2. The van der Waals surface area contributed by atoms with E-state index in [0.717, 1.165) is 0 Å². The number of carboxylic acid groups (broad SMARTS) is 1. The summed E-state index contributed by atoms with van der Waals surface area (Å²) in [5, 5.41) is 17.6. The molecule has 0 radical (unpaired) electrons. The number of carbonyl (C=O) groups is 1. The molecular formula is C6H13O7P. The second-order valence-electron chi connectivity index (χ2n) is 3.49. The third-order valence-electron chi connectivity index (χ3n) is 1.58. The first-order chi connectivity index (χ1) is 6.06. The minimum absolute atomic E-state index is 0.551. The summed E-state index contributed by atoms with van der Waals surface area (Å²) in [6.07, 6.45) is -1.74. The number of aliphatic hydroxyl groups excluding tert-OH is 1. The number of aliphatic carboxylic acids is 1. The number of phosphoric ester groups is 1. The van der Waals surface area contributed by atoms with Gasteiger partial charge in [-0.15, -0.1) is 0 Å². The summed E-state index contributed by atoms with van der Waals surface area (Å²) < 4.78 is 14.4. The van der Waals surface area contributed by atoms with Gasteiger partial charge in [-0.3, -0.25) is 4.52 Å². The molecule has 14 heavy (non-hydrogen) atoms. The topological polar surface area (TPSA) is 124 Å². The molecule has 0 aromatic rings. The van der Waals surface area contributed by atoms with Gasteiger partial charge in [0.2, 0.25) is 0 Å². The van der Waals surface area contributed by atoms with Crippen molar-refractivity contribution in [2.45, 2.75) is 20.0 Å². The van der Waals surface area contributed by atoms with Crippen molar-refractivity contribution < 1.29 is 33.9 Å². The summed E-state index contributed by atoms with van der Waals surface area (Å²) in [4.78, 5) is 27.1. The number of phosphoric acid groups is 1. The molecule has 0 aromatic heterocycles. The van der Waals surface area contributed by atoms with Crippen LogP contribution in [0.1, 0.15) is 13.8 Å². The highest BCUT2D eigenvalue weighted by atomic mass is 31.2. The SMILES string of the molecule is CC(C)(COP(=O)(O)O)[C@@H](O)C(=O)O. The zero-order chi connectivity index (χ0) is 11.6. The van der Waals surface area contributed by atoms with Crippen LogP contribution in [0.3, 0.4) is 0 Å². The monoisotopic (exact) mass is 228 g/mol. The van der Waals surface area contributed by atoms with Crippen molar-refractivity contribution in [3.05, 3.63) is 0 Å². The Balaban J connectivity index is 4.35. The molecule has 0 spiro atoms. The highest BCUT2D eigenvalue weighted by molar-refractivity contribution is 7.46. The number of hydrogen-bond donors (Lipinski definition) is 4. The second kappa shape index (κ2) is 4.37. The number of aliphatic hydroxyl groups is 1. The van der Waals surface area contributed by atoms with Crippen molar-refractivity contribution in [1.82, 2.24) is 0 Å². The maximum Gasteiger partial charge on any atom is 0.469 e. The molecule has 0 saturated carbocycles. The van der Waals surface area contributed by atoms with Gasteiger partial charge >= 0.3 is 13.8 Å². The van der Waals surface area contributed by atoms with Gasteiger partial charge in [0.15, 0.2) is 6.10 Å². The molecule has 7 nitrogen and oxygen atoms in total. The summed E-state index contributed by atoms with van der Waals surface area (Å²) in [6.45, 7) is 2.09. The van der Waals surface area contributed by atoms with Gasteiger partial charge in [-0.2, -0.15) is 0 Å². The lowest BCUT2D eigenvalue weighted by atomic mass is 9.88. The maximum atomic E-state index is 10.4. The fourth-order valence-corrected chi connectivity index (χ4v) is 1.16. The molecule has 0 saturated heterocycles. The average molecular weight is 228 g/mol. The summed E-state index contributed by atoms with van der Waals surface area (Å²) in [7, 11) is -4.64. The molecule has 8 heteroatoms. The van der Waals surface area contributed by atoms with Crippen LogP contribution in [-0.2, 0) is 13.9 Å². The van der Waals surface area contributed by atoms with Crippen LogP contribution in [0.5, 0.6) is 0 Å². The van der Waals surface area contributed by atoms with E-state index >= 15 is 0 Å². The number of rotatable bonds is 5. The molecule has 0 aliphatic rings. The third-order valence-corrected chi connectivity index (χ3v) is 2.04. The van der Waals surface area contributed by atoms with E-state index in [1.165, 1.54) is 13.8 Å². The summed E-state index contributed by atoms with van der Waals surface area (Å²) in [6, 6.07) is 0. The minimum Gasteiger partial charge on any atom is -0.479 e. The summed E-state index contributed by atoms with van der Waals surface area (Å²) in [5.74, 6) is -1.47. The van der Waals surface area contributed by atoms with E-state index in [1.807, 2.05) is 0 Å². The standard InChI is InChI=1S/C6H13O7P/c1-6(2,4(7)5(8)9)3-13-14(10,11)12/h4,7H,3H2,1-2H3,(H,8,9)(H2,10,11,12)/t4-/m0/s1. The van der Waals surface area contributed by atoms with Gasteiger partial charge in [-0.25, -0.2) is 9.36 Å². The Morgan fingerprint density at radius 2 is 1.93 bits per heavy atom. The molecule has 0 aromatic carbocycles. The van der Waals surface area contributed by atoms with E-state index < -0.39 is 31.9 Å². The molecular weight excluding hydrogens is 215 g/mol. The Kier molecular flexibility index (Phi) is 4.23. The van der Waals surface area contributed by atoms with Crippen LogP contribution in [0.25, 0.3) is 0 Å². The molecule has 0 bridgehead atoms. The third kappa shape index (κ3) is 4.69. The lowest BCUT2D eigenvalue weighted by Crippen LogP contribution is -2.39. The van der Waals surface area contributed by atoms with Gasteiger partial charge in [0, 0.05) is 5.41 Å². The van der Waals surface area contributed by atoms with Gasteiger partial charge < -0.3 is 20.0 Å². The number of hydrogen-bond acceptors (Lipinski definition) is 4. The van der Waals surface area contributed by atoms with Gasteiger partial charge in [0.05, 0.1) is 6.61 Å². The predicted molar refractivity (Wildman–Crippen MR) is 45.4 cm³/mol. The molecule has 0 aliphatic carbocycles. The molecule has 0 rings (SSSR count). The Morgan fingerprint density at radius 1 is 1.50 bits per heavy atom. The fourth-order valence-electron chi connectivity index (χ4n) is 0.664. The maximum absolute atomic E-state index is 10.4. The average Bonchev–Trinajstić information content (AvgIpc) is 1.98. The molecule has 0 aliphatic heterocycles. The van der Waals surface area contributed by atoms with Crippen molar-refractivity contribution in [2.24, 2.45) is 5.41 Å². The van der Waals surface area contributed by atoms with Crippen molar-refractivity contribution >= 4 is 13.8 Å². The highest BCUT2D eigenvalue weighted by Gasteiger charge is 2.35. The van der Waals surface area contributed by atoms with E-state index in [1.54, 1.807) is 0 Å². The molecule has 0 amide bonds.